The molecule has 1 atom stereocenters. The Bertz CT molecular complexity index is 572. The Labute approximate surface area is 120 Å². The molecule has 0 fully saturated rings. The second-order valence-corrected chi connectivity index (χ2v) is 5.64. The zero-order valence-corrected chi connectivity index (χ0v) is 11.9. The Morgan fingerprint density at radius 2 is 2.21 bits per heavy atom. The van der Waals surface area contributed by atoms with Crippen molar-refractivity contribution in [1.29, 1.82) is 0 Å². The molecule has 0 radical (unpaired) electrons. The van der Waals surface area contributed by atoms with Gasteiger partial charge in [0.1, 0.15) is 6.61 Å². The highest BCUT2D eigenvalue weighted by molar-refractivity contribution is 7.99. The van der Waals surface area contributed by atoms with Crippen LogP contribution in [0.2, 0.25) is 5.02 Å². The number of halogens is 1. The summed E-state index contributed by atoms with van der Waals surface area (Å²) in [5.41, 5.74) is 4.61. The van der Waals surface area contributed by atoms with Crippen LogP contribution in [-0.4, -0.2) is 27.7 Å². The molecular formula is C12H13ClN4OS. The van der Waals surface area contributed by atoms with Gasteiger partial charge in [0.2, 0.25) is 5.16 Å². The van der Waals surface area contributed by atoms with Gasteiger partial charge in [-0.2, -0.15) is 0 Å². The van der Waals surface area contributed by atoms with Crippen LogP contribution >= 0.6 is 23.4 Å². The highest BCUT2D eigenvalue weighted by atomic mass is 35.5. The van der Waals surface area contributed by atoms with Crippen molar-refractivity contribution in [3.8, 4) is 0 Å². The molecule has 1 aliphatic rings. The first-order valence-electron chi connectivity index (χ1n) is 5.86. The molecule has 1 unspecified atom stereocenters. The SMILES string of the molecule is COCc1nnc2n1NC(c1ccc(Cl)cc1)CS2. The van der Waals surface area contributed by atoms with Crippen molar-refractivity contribution in [1.82, 2.24) is 14.9 Å². The van der Waals surface area contributed by atoms with Crippen LogP contribution in [0.1, 0.15) is 17.4 Å². The van der Waals surface area contributed by atoms with E-state index < -0.39 is 0 Å². The summed E-state index contributed by atoms with van der Waals surface area (Å²) in [5, 5.41) is 9.86. The Hall–Kier alpha value is -1.24. The van der Waals surface area contributed by atoms with Crippen LogP contribution in [0.3, 0.4) is 0 Å². The molecule has 19 heavy (non-hydrogen) atoms. The van der Waals surface area contributed by atoms with Gasteiger partial charge in [0.05, 0.1) is 6.04 Å². The molecule has 1 aromatic carbocycles. The molecule has 100 valence electrons. The standard InChI is InChI=1S/C12H13ClN4OS/c1-18-6-11-14-15-12-17(11)16-10(7-19-12)8-2-4-9(13)5-3-8/h2-5,10,16H,6-7H2,1H3. The first kappa shape index (κ1) is 12.8. The lowest BCUT2D eigenvalue weighted by molar-refractivity contribution is 0.174. The van der Waals surface area contributed by atoms with E-state index in [4.69, 9.17) is 16.3 Å². The minimum atomic E-state index is 0.210. The third kappa shape index (κ3) is 2.56. The summed E-state index contributed by atoms with van der Waals surface area (Å²) in [6.07, 6.45) is 0. The van der Waals surface area contributed by atoms with Crippen molar-refractivity contribution in [3.05, 3.63) is 40.7 Å². The lowest BCUT2D eigenvalue weighted by Crippen LogP contribution is -2.29. The van der Waals surface area contributed by atoms with Gasteiger partial charge in [-0.3, -0.25) is 0 Å². The van der Waals surface area contributed by atoms with E-state index in [1.54, 1.807) is 18.9 Å². The van der Waals surface area contributed by atoms with E-state index in [9.17, 15) is 0 Å². The Balaban J connectivity index is 1.84. The monoisotopic (exact) mass is 296 g/mol. The van der Waals surface area contributed by atoms with E-state index in [-0.39, 0.29) is 6.04 Å². The topological polar surface area (TPSA) is 52.0 Å². The average Bonchev–Trinajstić information content (AvgIpc) is 2.83. The van der Waals surface area contributed by atoms with Crippen LogP contribution in [0.5, 0.6) is 0 Å². The molecule has 5 nitrogen and oxygen atoms in total. The van der Waals surface area contributed by atoms with Crippen LogP contribution < -0.4 is 5.43 Å². The molecule has 0 spiro atoms. The maximum Gasteiger partial charge on any atom is 0.210 e. The van der Waals surface area contributed by atoms with Gasteiger partial charge in [0, 0.05) is 17.9 Å². The zero-order valence-electron chi connectivity index (χ0n) is 10.3. The van der Waals surface area contributed by atoms with Gasteiger partial charge in [-0.1, -0.05) is 35.5 Å². The van der Waals surface area contributed by atoms with Crippen LogP contribution in [0.4, 0.5) is 0 Å². The Morgan fingerprint density at radius 3 is 2.95 bits per heavy atom. The molecule has 0 saturated heterocycles. The lowest BCUT2D eigenvalue weighted by atomic mass is 10.1. The van der Waals surface area contributed by atoms with Crippen molar-refractivity contribution in [2.45, 2.75) is 17.8 Å². The van der Waals surface area contributed by atoms with Gasteiger partial charge in [0.15, 0.2) is 5.82 Å². The molecule has 0 amide bonds. The van der Waals surface area contributed by atoms with Crippen molar-refractivity contribution >= 4 is 23.4 Å². The smallest absolute Gasteiger partial charge is 0.210 e. The minimum absolute atomic E-state index is 0.210. The molecule has 1 aliphatic heterocycles. The first-order chi connectivity index (χ1) is 9.28. The maximum absolute atomic E-state index is 5.91. The van der Waals surface area contributed by atoms with E-state index >= 15 is 0 Å². The molecule has 3 rings (SSSR count). The minimum Gasteiger partial charge on any atom is -0.377 e. The van der Waals surface area contributed by atoms with Gasteiger partial charge >= 0.3 is 0 Å². The molecule has 2 aromatic rings. The Kier molecular flexibility index (Phi) is 3.63. The van der Waals surface area contributed by atoms with Gasteiger partial charge < -0.3 is 10.2 Å². The van der Waals surface area contributed by atoms with E-state index in [2.05, 4.69) is 15.6 Å². The summed E-state index contributed by atoms with van der Waals surface area (Å²) in [7, 11) is 1.65. The number of nitrogens with zero attached hydrogens (tertiary/aromatic N) is 3. The molecular weight excluding hydrogens is 284 g/mol. The zero-order chi connectivity index (χ0) is 13.2. The number of nitrogens with one attached hydrogen (secondary N) is 1. The second-order valence-electron chi connectivity index (χ2n) is 4.21. The molecule has 1 N–H and O–H groups in total. The fraction of sp³-hybridized carbons (Fsp3) is 0.333. The molecule has 0 bridgehead atoms. The van der Waals surface area contributed by atoms with Gasteiger partial charge in [0.25, 0.3) is 0 Å². The van der Waals surface area contributed by atoms with Crippen LogP contribution in [-0.2, 0) is 11.3 Å². The fourth-order valence-electron chi connectivity index (χ4n) is 1.96. The van der Waals surface area contributed by atoms with E-state index in [1.807, 2.05) is 28.9 Å². The highest BCUT2D eigenvalue weighted by Crippen LogP contribution is 2.30. The van der Waals surface area contributed by atoms with Gasteiger partial charge in [-0.25, -0.2) is 4.68 Å². The number of ether oxygens (including phenoxy) is 1. The number of aromatic nitrogens is 3. The second kappa shape index (κ2) is 5.40. The molecule has 2 heterocycles. The van der Waals surface area contributed by atoms with E-state index in [0.717, 1.165) is 21.8 Å². The summed E-state index contributed by atoms with van der Waals surface area (Å²) >= 11 is 7.59. The van der Waals surface area contributed by atoms with E-state index in [0.29, 0.717) is 6.61 Å². The van der Waals surface area contributed by atoms with Gasteiger partial charge in [-0.05, 0) is 17.7 Å². The number of fused-ring (bicyclic) bond motifs is 1. The third-order valence-corrected chi connectivity index (χ3v) is 4.18. The number of rotatable bonds is 3. The molecule has 7 heteroatoms. The van der Waals surface area contributed by atoms with Gasteiger partial charge in [-0.15, -0.1) is 10.2 Å². The fourth-order valence-corrected chi connectivity index (χ4v) is 3.06. The van der Waals surface area contributed by atoms with Crippen LogP contribution in [0.15, 0.2) is 29.4 Å². The summed E-state index contributed by atoms with van der Waals surface area (Å²) < 4.78 is 7.02. The quantitative estimate of drug-likeness (QED) is 0.943. The number of hydrogen-bond donors (Lipinski definition) is 1. The summed E-state index contributed by atoms with van der Waals surface area (Å²) in [6.45, 7) is 0.438. The third-order valence-electron chi connectivity index (χ3n) is 2.91. The van der Waals surface area contributed by atoms with Crippen molar-refractivity contribution in [3.63, 3.8) is 0 Å². The van der Waals surface area contributed by atoms with Crippen LogP contribution in [0, 0.1) is 0 Å². The summed E-state index contributed by atoms with van der Waals surface area (Å²) in [4.78, 5) is 0. The largest absolute Gasteiger partial charge is 0.377 e. The molecule has 1 aromatic heterocycles. The first-order valence-corrected chi connectivity index (χ1v) is 7.22. The van der Waals surface area contributed by atoms with Crippen molar-refractivity contribution in [2.75, 3.05) is 18.3 Å². The van der Waals surface area contributed by atoms with Crippen LogP contribution in [0.25, 0.3) is 0 Å². The predicted octanol–water partition coefficient (Wildman–Crippen LogP) is 2.47. The number of hydrogen-bond acceptors (Lipinski definition) is 5. The average molecular weight is 297 g/mol. The number of thioether (sulfide) groups is 1. The Morgan fingerprint density at radius 1 is 1.42 bits per heavy atom. The lowest BCUT2D eigenvalue weighted by Gasteiger charge is -2.26. The van der Waals surface area contributed by atoms with E-state index in [1.165, 1.54) is 5.56 Å². The highest BCUT2D eigenvalue weighted by Gasteiger charge is 2.23. The predicted molar refractivity (Wildman–Crippen MR) is 75.0 cm³/mol. The normalized spacial score (nSPS) is 17.9. The van der Waals surface area contributed by atoms with Crippen molar-refractivity contribution in [2.24, 2.45) is 0 Å². The van der Waals surface area contributed by atoms with Crippen molar-refractivity contribution < 1.29 is 4.74 Å². The summed E-state index contributed by atoms with van der Waals surface area (Å²) in [5.74, 6) is 1.69. The molecule has 0 aliphatic carbocycles. The number of methoxy groups -OCH3 is 1. The summed E-state index contributed by atoms with van der Waals surface area (Å²) in [6, 6.07) is 8.08. The number of benzene rings is 1. The molecule has 0 saturated carbocycles. The maximum atomic E-state index is 5.91.